The molecule has 0 aliphatic rings. The van der Waals surface area contributed by atoms with Gasteiger partial charge in [-0.05, 0) is 36.4 Å². The number of aromatic hydroxyl groups is 6. The number of hydrogen-bond donors (Lipinski definition) is 8. The van der Waals surface area contributed by atoms with Gasteiger partial charge in [0.25, 0.3) is 0 Å². The van der Waals surface area contributed by atoms with Crippen molar-refractivity contribution in [3.8, 4) is 34.5 Å². The van der Waals surface area contributed by atoms with Crippen LogP contribution in [0.25, 0.3) is 21.5 Å². The number of nitrogens with one attached hydrogen (secondary N) is 2. The third-order valence-electron chi connectivity index (χ3n) is 5.62. The Morgan fingerprint density at radius 2 is 0.853 bits per heavy atom. The van der Waals surface area contributed by atoms with Gasteiger partial charge >= 0.3 is 0 Å². The maximum Gasteiger partial charge on any atom is 0.139 e. The number of anilines is 4. The van der Waals surface area contributed by atoms with Gasteiger partial charge in [-0.1, -0.05) is 24.3 Å². The van der Waals surface area contributed by atoms with Crippen molar-refractivity contribution in [2.75, 3.05) is 10.6 Å². The monoisotopic (exact) mass is 456 g/mol. The van der Waals surface area contributed by atoms with Crippen LogP contribution >= 0.6 is 0 Å². The first-order chi connectivity index (χ1) is 16.3. The largest absolute Gasteiger partial charge is 0.508 e. The lowest BCUT2D eigenvalue weighted by Gasteiger charge is -2.19. The number of rotatable bonds is 4. The van der Waals surface area contributed by atoms with Crippen LogP contribution < -0.4 is 10.6 Å². The molecule has 0 aliphatic carbocycles. The highest BCUT2D eigenvalue weighted by molar-refractivity contribution is 6.19. The highest BCUT2D eigenvalue weighted by Crippen LogP contribution is 2.49. The summed E-state index contributed by atoms with van der Waals surface area (Å²) in [6.07, 6.45) is 0. The maximum absolute atomic E-state index is 11.2. The molecule has 5 rings (SSSR count). The summed E-state index contributed by atoms with van der Waals surface area (Å²) in [7, 11) is 0. The van der Waals surface area contributed by atoms with E-state index in [0.717, 1.165) is 0 Å². The van der Waals surface area contributed by atoms with E-state index in [-0.39, 0.29) is 56.6 Å². The Hall–Kier alpha value is -4.98. The highest BCUT2D eigenvalue weighted by atomic mass is 16.3. The second kappa shape index (κ2) is 7.86. The van der Waals surface area contributed by atoms with Crippen molar-refractivity contribution in [3.63, 3.8) is 0 Å². The van der Waals surface area contributed by atoms with Gasteiger partial charge in [0.1, 0.15) is 34.5 Å². The van der Waals surface area contributed by atoms with Crippen LogP contribution in [0.5, 0.6) is 34.5 Å². The van der Waals surface area contributed by atoms with Gasteiger partial charge in [0.2, 0.25) is 0 Å². The fourth-order valence-electron chi connectivity index (χ4n) is 4.01. The van der Waals surface area contributed by atoms with Crippen LogP contribution in [0.3, 0.4) is 0 Å². The number of phenols is 6. The van der Waals surface area contributed by atoms with E-state index >= 15 is 0 Å². The van der Waals surface area contributed by atoms with E-state index in [1.54, 1.807) is 36.4 Å². The molecule has 5 aromatic rings. The van der Waals surface area contributed by atoms with Crippen molar-refractivity contribution in [2.45, 2.75) is 0 Å². The molecular formula is C26H20N2O6. The van der Waals surface area contributed by atoms with Gasteiger partial charge in [-0.25, -0.2) is 0 Å². The highest BCUT2D eigenvalue weighted by Gasteiger charge is 2.20. The Labute approximate surface area is 193 Å². The summed E-state index contributed by atoms with van der Waals surface area (Å²) in [4.78, 5) is 0. The van der Waals surface area contributed by atoms with Gasteiger partial charge in [0.15, 0.2) is 0 Å². The molecule has 170 valence electrons. The summed E-state index contributed by atoms with van der Waals surface area (Å²) in [5.41, 5.74) is 1.08. The molecule has 0 saturated carbocycles. The normalized spacial score (nSPS) is 11.1. The van der Waals surface area contributed by atoms with Crippen LogP contribution in [0.4, 0.5) is 22.7 Å². The summed E-state index contributed by atoms with van der Waals surface area (Å²) in [5, 5.41) is 69.9. The molecule has 0 bridgehead atoms. The van der Waals surface area contributed by atoms with Crippen LogP contribution in [0, 0.1) is 0 Å². The van der Waals surface area contributed by atoms with E-state index < -0.39 is 0 Å². The molecule has 5 aromatic carbocycles. The molecule has 0 fully saturated rings. The van der Waals surface area contributed by atoms with E-state index in [0.29, 0.717) is 22.1 Å². The molecule has 0 spiro atoms. The van der Waals surface area contributed by atoms with Gasteiger partial charge in [0, 0.05) is 22.9 Å². The van der Waals surface area contributed by atoms with E-state index in [1.807, 2.05) is 0 Å². The molecule has 0 aromatic heterocycles. The van der Waals surface area contributed by atoms with E-state index in [9.17, 15) is 30.6 Å². The van der Waals surface area contributed by atoms with Gasteiger partial charge in [-0.15, -0.1) is 0 Å². The Kier molecular flexibility index (Phi) is 4.83. The van der Waals surface area contributed by atoms with Crippen LogP contribution in [0.15, 0.2) is 72.8 Å². The van der Waals surface area contributed by atoms with Crippen molar-refractivity contribution in [1.29, 1.82) is 0 Å². The van der Waals surface area contributed by atoms with E-state index in [1.165, 1.54) is 36.4 Å². The van der Waals surface area contributed by atoms with Crippen LogP contribution in [-0.2, 0) is 0 Å². The molecule has 0 radical (unpaired) electrons. The molecule has 0 heterocycles. The van der Waals surface area contributed by atoms with Crippen LogP contribution in [0.1, 0.15) is 0 Å². The summed E-state index contributed by atoms with van der Waals surface area (Å²) in [6, 6.07) is 18.0. The van der Waals surface area contributed by atoms with E-state index in [4.69, 9.17) is 0 Å². The first kappa shape index (κ1) is 20.9. The van der Waals surface area contributed by atoms with Crippen molar-refractivity contribution in [1.82, 2.24) is 0 Å². The Morgan fingerprint density at radius 3 is 1.26 bits per heavy atom. The van der Waals surface area contributed by atoms with Gasteiger partial charge in [0.05, 0.1) is 33.5 Å². The minimum atomic E-state index is -0.123. The zero-order valence-corrected chi connectivity index (χ0v) is 17.6. The quantitative estimate of drug-likeness (QED) is 0.0974. The zero-order valence-electron chi connectivity index (χ0n) is 17.6. The molecular weight excluding hydrogens is 436 g/mol. The Balaban J connectivity index is 1.79. The predicted molar refractivity (Wildman–Crippen MR) is 131 cm³/mol. The predicted octanol–water partition coefficient (Wildman–Crippen LogP) is 5.71. The summed E-state index contributed by atoms with van der Waals surface area (Å²) >= 11 is 0. The standard InChI is InChI=1S/C26H20N2O6/c29-13-5-9-21(31)19(11-13)27-17-7-8-18(28-20-12-14(30)6-10-22(20)32)24-23(17)25(33)15-3-1-2-4-16(15)26(24)34/h1-12,27-34H. The van der Waals surface area contributed by atoms with E-state index in [2.05, 4.69) is 10.6 Å². The number of hydrogen-bond acceptors (Lipinski definition) is 8. The maximum atomic E-state index is 11.2. The van der Waals surface area contributed by atoms with Crippen LogP contribution in [-0.4, -0.2) is 30.6 Å². The van der Waals surface area contributed by atoms with Gasteiger partial charge < -0.3 is 41.3 Å². The van der Waals surface area contributed by atoms with Crippen molar-refractivity contribution < 1.29 is 30.6 Å². The molecule has 8 heteroatoms. The smallest absolute Gasteiger partial charge is 0.139 e. The third-order valence-corrected chi connectivity index (χ3v) is 5.62. The molecule has 0 atom stereocenters. The topological polar surface area (TPSA) is 145 Å². The minimum absolute atomic E-state index is 0.0697. The lowest BCUT2D eigenvalue weighted by molar-refractivity contribution is 0.462. The number of phenolic OH excluding ortho intramolecular Hbond substituents is 6. The van der Waals surface area contributed by atoms with Crippen molar-refractivity contribution in [3.05, 3.63) is 72.8 Å². The van der Waals surface area contributed by atoms with Crippen LogP contribution in [0.2, 0.25) is 0 Å². The molecule has 0 saturated heterocycles. The fourth-order valence-corrected chi connectivity index (χ4v) is 4.01. The SMILES string of the molecule is Oc1ccc(O)c(Nc2ccc(Nc3cc(O)ccc3O)c3c(O)c4ccccc4c(O)c23)c1. The first-order valence-corrected chi connectivity index (χ1v) is 10.3. The second-order valence-corrected chi connectivity index (χ2v) is 7.81. The molecule has 0 unspecified atom stereocenters. The minimum Gasteiger partial charge on any atom is -0.508 e. The van der Waals surface area contributed by atoms with Gasteiger partial charge in [-0.2, -0.15) is 0 Å². The second-order valence-electron chi connectivity index (χ2n) is 7.81. The van der Waals surface area contributed by atoms with Crippen molar-refractivity contribution >= 4 is 44.3 Å². The molecule has 8 N–H and O–H groups in total. The average molecular weight is 456 g/mol. The molecule has 0 amide bonds. The first-order valence-electron chi connectivity index (χ1n) is 10.3. The van der Waals surface area contributed by atoms with Crippen molar-refractivity contribution in [2.24, 2.45) is 0 Å². The molecule has 0 aliphatic heterocycles. The lowest BCUT2D eigenvalue weighted by atomic mass is 9.97. The van der Waals surface area contributed by atoms with Gasteiger partial charge in [-0.3, -0.25) is 0 Å². The lowest BCUT2D eigenvalue weighted by Crippen LogP contribution is -1.97. The zero-order chi connectivity index (χ0) is 24.0. The average Bonchev–Trinajstić information content (AvgIpc) is 2.83. The summed E-state index contributed by atoms with van der Waals surface area (Å²) < 4.78 is 0. The molecule has 8 nitrogen and oxygen atoms in total. The number of fused-ring (bicyclic) bond motifs is 2. The summed E-state index contributed by atoms with van der Waals surface area (Å²) in [6.45, 7) is 0. The third kappa shape index (κ3) is 3.43. The summed E-state index contributed by atoms with van der Waals surface area (Å²) in [5.74, 6) is -0.618. The Morgan fingerprint density at radius 1 is 0.441 bits per heavy atom. The Bertz CT molecular complexity index is 1460. The molecule has 34 heavy (non-hydrogen) atoms. The number of benzene rings is 5. The fraction of sp³-hybridized carbons (Fsp3) is 0.